The summed E-state index contributed by atoms with van der Waals surface area (Å²) in [6, 6.07) is 18.4. The van der Waals surface area contributed by atoms with E-state index in [2.05, 4.69) is 9.98 Å². The summed E-state index contributed by atoms with van der Waals surface area (Å²) in [6.45, 7) is 0. The van der Waals surface area contributed by atoms with E-state index in [1.165, 1.54) is 7.11 Å². The summed E-state index contributed by atoms with van der Waals surface area (Å²) >= 11 is 0. The second kappa shape index (κ2) is 10.0. The molecule has 0 atom stereocenters. The van der Waals surface area contributed by atoms with Gasteiger partial charge in [-0.1, -0.05) is 18.2 Å². The van der Waals surface area contributed by atoms with Crippen LogP contribution in [-0.2, 0) is 4.74 Å². The molecule has 1 aliphatic carbocycles. The molecule has 0 bridgehead atoms. The first-order chi connectivity index (χ1) is 16.1. The molecule has 0 amide bonds. The minimum atomic E-state index is -0.404. The monoisotopic (exact) mass is 439 g/mol. The summed E-state index contributed by atoms with van der Waals surface area (Å²) in [5, 5.41) is 9.24. The van der Waals surface area contributed by atoms with Crippen molar-refractivity contribution < 1.29 is 13.9 Å². The van der Waals surface area contributed by atoms with E-state index in [1.54, 1.807) is 25.2 Å². The maximum atomic E-state index is 12.5. The maximum Gasteiger partial charge on any atom is 0.338 e. The lowest BCUT2D eigenvalue weighted by atomic mass is 9.90. The van der Waals surface area contributed by atoms with E-state index in [1.807, 2.05) is 54.9 Å². The topological polar surface area (TPSA) is 88.0 Å². The lowest BCUT2D eigenvalue weighted by Crippen LogP contribution is -2.05. The summed E-state index contributed by atoms with van der Waals surface area (Å²) in [7, 11) is 3.15. The van der Waals surface area contributed by atoms with Crippen LogP contribution < -0.4 is 5.36 Å². The van der Waals surface area contributed by atoms with Crippen LogP contribution in [0.4, 0.5) is 5.69 Å². The van der Waals surface area contributed by atoms with Crippen LogP contribution in [0.2, 0.25) is 0 Å². The Balaban J connectivity index is 1.87. The number of hydrogen-bond acceptors (Lipinski definition) is 6. The number of unbranched alkanes of at least 4 members (excludes halogenated alkanes) is 2. The molecule has 2 aliphatic rings. The predicted octanol–water partition coefficient (Wildman–Crippen LogP) is 6.04. The van der Waals surface area contributed by atoms with Gasteiger partial charge in [0.15, 0.2) is 0 Å². The van der Waals surface area contributed by atoms with Gasteiger partial charge in [0.05, 0.1) is 23.7 Å². The van der Waals surface area contributed by atoms with Crippen molar-refractivity contribution in [2.24, 2.45) is 9.98 Å². The SMILES string of the molecule is CN=CCCCC=Nc1ccc2c(-c3ccccc3C(=O)OC)c3ccc(=N)cc-3oc2c1. The van der Waals surface area contributed by atoms with Gasteiger partial charge < -0.3 is 19.6 Å². The number of rotatable bonds is 7. The number of methoxy groups -OCH3 is 1. The Morgan fingerprint density at radius 2 is 1.85 bits per heavy atom. The number of hydrogen-bond donors (Lipinski definition) is 1. The Kier molecular flexibility index (Phi) is 6.74. The zero-order valence-electron chi connectivity index (χ0n) is 18.7. The summed E-state index contributed by atoms with van der Waals surface area (Å²) in [5.74, 6) is 0.170. The van der Waals surface area contributed by atoms with Crippen molar-refractivity contribution in [2.45, 2.75) is 19.3 Å². The van der Waals surface area contributed by atoms with Crippen molar-refractivity contribution in [3.63, 3.8) is 0 Å². The van der Waals surface area contributed by atoms with Gasteiger partial charge in [0.2, 0.25) is 0 Å². The molecule has 0 saturated heterocycles. The molecular weight excluding hydrogens is 414 g/mol. The van der Waals surface area contributed by atoms with E-state index in [0.29, 0.717) is 22.3 Å². The molecule has 2 aromatic carbocycles. The third-order valence-corrected chi connectivity index (χ3v) is 5.40. The fourth-order valence-electron chi connectivity index (χ4n) is 3.84. The Bertz CT molecular complexity index is 1390. The van der Waals surface area contributed by atoms with Crippen LogP contribution in [0.5, 0.6) is 0 Å². The number of nitrogens with one attached hydrogen (secondary N) is 1. The van der Waals surface area contributed by atoms with E-state index in [4.69, 9.17) is 14.6 Å². The number of carbonyl (C=O) groups excluding carboxylic acids is 1. The number of esters is 1. The van der Waals surface area contributed by atoms with Gasteiger partial charge in [-0.3, -0.25) is 4.99 Å². The summed E-state index contributed by atoms with van der Waals surface area (Å²) in [6.07, 6.45) is 6.59. The highest BCUT2D eigenvalue weighted by Gasteiger charge is 2.21. The van der Waals surface area contributed by atoms with Gasteiger partial charge >= 0.3 is 5.97 Å². The smallest absolute Gasteiger partial charge is 0.338 e. The van der Waals surface area contributed by atoms with E-state index < -0.39 is 5.97 Å². The molecule has 6 nitrogen and oxygen atoms in total. The van der Waals surface area contributed by atoms with Crippen molar-refractivity contribution in [3.8, 4) is 22.5 Å². The lowest BCUT2D eigenvalue weighted by Gasteiger charge is -2.17. The highest BCUT2D eigenvalue weighted by atomic mass is 16.5. The average Bonchev–Trinajstić information content (AvgIpc) is 2.84. The van der Waals surface area contributed by atoms with Crippen LogP contribution in [0.15, 0.2) is 75.1 Å². The molecule has 0 unspecified atom stereocenters. The standard InChI is InChI=1S/C27H25N3O3/c1-29-14-6-3-7-15-30-19-11-13-23-25(17-19)33-24-16-18(28)10-12-22(24)26(23)20-8-4-5-9-21(20)27(31)32-2/h4-5,8-17,28H,3,6-7H2,1-2H3. The average molecular weight is 440 g/mol. The van der Waals surface area contributed by atoms with Gasteiger partial charge in [-0.2, -0.15) is 0 Å². The second-order valence-corrected chi connectivity index (χ2v) is 7.59. The third-order valence-electron chi connectivity index (χ3n) is 5.40. The zero-order chi connectivity index (χ0) is 23.2. The van der Waals surface area contributed by atoms with Crippen molar-refractivity contribution in [2.75, 3.05) is 14.2 Å². The molecule has 0 radical (unpaired) electrons. The molecule has 4 rings (SSSR count). The minimum Gasteiger partial charge on any atom is -0.465 e. The first kappa shape index (κ1) is 22.1. The van der Waals surface area contributed by atoms with Crippen LogP contribution >= 0.6 is 0 Å². The fourth-order valence-corrected chi connectivity index (χ4v) is 3.84. The van der Waals surface area contributed by atoms with Gasteiger partial charge in [0.25, 0.3) is 0 Å². The summed E-state index contributed by atoms with van der Waals surface area (Å²) in [5.41, 5.74) is 4.33. The largest absolute Gasteiger partial charge is 0.465 e. The summed E-state index contributed by atoms with van der Waals surface area (Å²) in [4.78, 5) is 21.1. The number of benzene rings is 3. The van der Waals surface area contributed by atoms with E-state index >= 15 is 0 Å². The van der Waals surface area contributed by atoms with Crippen molar-refractivity contribution in [1.29, 1.82) is 5.41 Å². The van der Waals surface area contributed by atoms with E-state index in [0.717, 1.165) is 47.0 Å². The number of carbonyl (C=O) groups is 1. The van der Waals surface area contributed by atoms with Gasteiger partial charge in [-0.15, -0.1) is 0 Å². The number of fused-ring (bicyclic) bond motifs is 2. The summed E-state index contributed by atoms with van der Waals surface area (Å²) < 4.78 is 11.2. The molecule has 166 valence electrons. The lowest BCUT2D eigenvalue weighted by molar-refractivity contribution is 0.0601. The normalized spacial score (nSPS) is 11.7. The first-order valence-electron chi connectivity index (χ1n) is 10.8. The molecule has 2 aromatic rings. The van der Waals surface area contributed by atoms with Crippen molar-refractivity contribution in [1.82, 2.24) is 0 Å². The molecule has 1 aliphatic heterocycles. The highest BCUT2D eigenvalue weighted by Crippen LogP contribution is 2.42. The molecule has 0 aromatic heterocycles. The van der Waals surface area contributed by atoms with Crippen molar-refractivity contribution in [3.05, 3.63) is 71.6 Å². The molecule has 1 heterocycles. The quantitative estimate of drug-likeness (QED) is 0.165. The second-order valence-electron chi connectivity index (χ2n) is 7.59. The first-order valence-corrected chi connectivity index (χ1v) is 10.8. The fraction of sp³-hybridized carbons (Fsp3) is 0.185. The maximum absolute atomic E-state index is 12.5. The Morgan fingerprint density at radius 1 is 1.03 bits per heavy atom. The van der Waals surface area contributed by atoms with Gasteiger partial charge in [-0.05, 0) is 61.4 Å². The van der Waals surface area contributed by atoms with Crippen LogP contribution in [-0.4, -0.2) is 32.6 Å². The van der Waals surface area contributed by atoms with E-state index in [9.17, 15) is 4.79 Å². The third kappa shape index (κ3) is 4.75. The van der Waals surface area contributed by atoms with Gasteiger partial charge in [-0.25, -0.2) is 4.79 Å². The van der Waals surface area contributed by atoms with Crippen molar-refractivity contribution >= 4 is 35.1 Å². The van der Waals surface area contributed by atoms with E-state index in [-0.39, 0.29) is 0 Å². The highest BCUT2D eigenvalue weighted by molar-refractivity contribution is 6.08. The number of ether oxygens (including phenoxy) is 1. The van der Waals surface area contributed by atoms with Crippen LogP contribution in [0.1, 0.15) is 29.6 Å². The molecule has 33 heavy (non-hydrogen) atoms. The van der Waals surface area contributed by atoms with Crippen LogP contribution in [0.3, 0.4) is 0 Å². The Labute approximate surface area is 192 Å². The zero-order valence-corrected chi connectivity index (χ0v) is 18.7. The Morgan fingerprint density at radius 3 is 2.67 bits per heavy atom. The number of aliphatic imine (C=N–C) groups is 2. The molecule has 6 heteroatoms. The number of nitrogens with zero attached hydrogens (tertiary/aromatic N) is 2. The molecule has 1 N–H and O–H groups in total. The molecular formula is C27H25N3O3. The molecule has 0 fully saturated rings. The molecule has 0 spiro atoms. The predicted molar refractivity (Wildman–Crippen MR) is 132 cm³/mol. The van der Waals surface area contributed by atoms with Crippen LogP contribution in [0.25, 0.3) is 33.4 Å². The minimum absolute atomic E-state index is 0.350. The van der Waals surface area contributed by atoms with Crippen LogP contribution in [0, 0.1) is 5.41 Å². The van der Waals surface area contributed by atoms with Gasteiger partial charge in [0, 0.05) is 41.9 Å². The van der Waals surface area contributed by atoms with Gasteiger partial charge in [0.1, 0.15) is 11.3 Å². The molecule has 0 saturated carbocycles. The Hall–Kier alpha value is -4.06.